The highest BCUT2D eigenvalue weighted by Gasteiger charge is 2.19. The summed E-state index contributed by atoms with van der Waals surface area (Å²) in [7, 11) is 4.41. The van der Waals surface area contributed by atoms with Gasteiger partial charge in [-0.3, -0.25) is 25.8 Å². The topological polar surface area (TPSA) is 111 Å². The van der Waals surface area contributed by atoms with E-state index in [9.17, 15) is 9.59 Å². The number of benzene rings is 2. The van der Waals surface area contributed by atoms with E-state index in [2.05, 4.69) is 16.2 Å². The van der Waals surface area contributed by atoms with E-state index >= 15 is 0 Å². The molecule has 1 aromatic heterocycles. The number of carbonyl (C=O) groups is 2. The van der Waals surface area contributed by atoms with E-state index in [1.54, 1.807) is 42.5 Å². The predicted octanol–water partition coefficient (Wildman–Crippen LogP) is 2.41. The van der Waals surface area contributed by atoms with Crippen LogP contribution in [0.2, 0.25) is 0 Å². The molecule has 30 heavy (non-hydrogen) atoms. The van der Waals surface area contributed by atoms with Gasteiger partial charge in [-0.25, -0.2) is 0 Å². The highest BCUT2D eigenvalue weighted by molar-refractivity contribution is 7.80. The number of fused-ring (bicyclic) bond motifs is 1. The van der Waals surface area contributed by atoms with Gasteiger partial charge in [0, 0.05) is 11.5 Å². The molecule has 0 atom stereocenters. The van der Waals surface area contributed by atoms with Gasteiger partial charge in [-0.05, 0) is 42.5 Å². The van der Waals surface area contributed by atoms with Crippen molar-refractivity contribution in [3.8, 4) is 17.2 Å². The van der Waals surface area contributed by atoms with Crippen molar-refractivity contribution in [3.05, 3.63) is 53.8 Å². The number of amides is 2. The van der Waals surface area contributed by atoms with Crippen molar-refractivity contribution in [1.29, 1.82) is 0 Å². The number of nitrogens with one attached hydrogen (secondary N) is 3. The first-order valence-electron chi connectivity index (χ1n) is 8.67. The van der Waals surface area contributed by atoms with Crippen LogP contribution in [-0.2, 0) is 0 Å². The van der Waals surface area contributed by atoms with Crippen LogP contribution in [0.5, 0.6) is 17.2 Å². The molecule has 3 rings (SSSR count). The summed E-state index contributed by atoms with van der Waals surface area (Å²) in [4.78, 5) is 24.9. The van der Waals surface area contributed by atoms with Crippen molar-refractivity contribution < 1.29 is 28.2 Å². The summed E-state index contributed by atoms with van der Waals surface area (Å²) in [6, 6.07) is 11.7. The summed E-state index contributed by atoms with van der Waals surface area (Å²) in [6.45, 7) is 0. The zero-order valence-corrected chi connectivity index (χ0v) is 17.2. The molecule has 0 aliphatic rings. The van der Waals surface area contributed by atoms with E-state index in [1.165, 1.54) is 21.3 Å². The number of rotatable bonds is 5. The largest absolute Gasteiger partial charge is 0.497 e. The van der Waals surface area contributed by atoms with E-state index < -0.39 is 11.8 Å². The Balaban J connectivity index is 1.63. The molecule has 0 bridgehead atoms. The van der Waals surface area contributed by atoms with Crippen LogP contribution in [0.3, 0.4) is 0 Å². The third kappa shape index (κ3) is 4.44. The Hall–Kier alpha value is -3.79. The van der Waals surface area contributed by atoms with Crippen molar-refractivity contribution in [2.75, 3.05) is 21.3 Å². The van der Waals surface area contributed by atoms with Gasteiger partial charge in [0.2, 0.25) is 0 Å². The lowest BCUT2D eigenvalue weighted by atomic mass is 10.1. The first-order chi connectivity index (χ1) is 14.5. The molecular formula is C20H19N3O6S. The summed E-state index contributed by atoms with van der Waals surface area (Å²) < 4.78 is 21.0. The van der Waals surface area contributed by atoms with E-state index in [0.717, 1.165) is 5.39 Å². The van der Waals surface area contributed by atoms with E-state index in [0.29, 0.717) is 22.8 Å². The van der Waals surface area contributed by atoms with Crippen LogP contribution in [0.4, 0.5) is 0 Å². The molecule has 2 aromatic carbocycles. The lowest BCUT2D eigenvalue weighted by molar-refractivity contribution is 0.0911. The van der Waals surface area contributed by atoms with Crippen LogP contribution >= 0.6 is 12.2 Å². The first kappa shape index (κ1) is 20.9. The standard InChI is InChI=1S/C20H19N3O6S/c1-26-12-8-7-11-9-16(29-15(11)10-12)18(24)22-23-20(30)21-19(25)17-13(27-2)5-4-6-14(17)28-3/h4-10H,1-3H3,(H,22,24)(H2,21,23,25,30). The minimum Gasteiger partial charge on any atom is -0.497 e. The molecule has 3 aromatic rings. The van der Waals surface area contributed by atoms with Crippen molar-refractivity contribution in [1.82, 2.24) is 16.2 Å². The number of hydrogen-bond acceptors (Lipinski definition) is 7. The quantitative estimate of drug-likeness (QED) is 0.419. The lowest BCUT2D eigenvalue weighted by Crippen LogP contribution is -2.48. The van der Waals surface area contributed by atoms with Crippen LogP contribution in [0.1, 0.15) is 20.9 Å². The molecule has 0 radical (unpaired) electrons. The fourth-order valence-corrected chi connectivity index (χ4v) is 2.84. The minimum atomic E-state index is -0.573. The normalized spacial score (nSPS) is 10.2. The van der Waals surface area contributed by atoms with Crippen LogP contribution in [0.15, 0.2) is 46.9 Å². The number of thiocarbonyl (C=S) groups is 1. The Labute approximate surface area is 177 Å². The Kier molecular flexibility index (Phi) is 6.38. The first-order valence-corrected chi connectivity index (χ1v) is 9.08. The summed E-state index contributed by atoms with van der Waals surface area (Å²) in [5.41, 5.74) is 5.50. The number of methoxy groups -OCH3 is 3. The molecule has 0 spiro atoms. The molecule has 0 saturated heterocycles. The zero-order valence-electron chi connectivity index (χ0n) is 16.4. The SMILES string of the molecule is COc1ccc2cc(C(=O)NNC(=S)NC(=O)c3c(OC)cccc3OC)oc2c1. The number of furan rings is 1. The lowest BCUT2D eigenvalue weighted by Gasteiger charge is -2.14. The van der Waals surface area contributed by atoms with Gasteiger partial charge < -0.3 is 18.6 Å². The Morgan fingerprint density at radius 1 is 0.900 bits per heavy atom. The highest BCUT2D eigenvalue weighted by atomic mass is 32.1. The molecule has 0 fully saturated rings. The zero-order chi connectivity index (χ0) is 21.7. The van der Waals surface area contributed by atoms with Crippen LogP contribution in [0, 0.1) is 0 Å². The fraction of sp³-hybridized carbons (Fsp3) is 0.150. The van der Waals surface area contributed by atoms with Gasteiger partial charge >= 0.3 is 5.91 Å². The number of hydrogen-bond donors (Lipinski definition) is 3. The molecule has 0 aliphatic carbocycles. The molecular weight excluding hydrogens is 410 g/mol. The van der Waals surface area contributed by atoms with Crippen molar-refractivity contribution in [3.63, 3.8) is 0 Å². The second-order valence-corrected chi connectivity index (χ2v) is 6.32. The fourth-order valence-electron chi connectivity index (χ4n) is 2.70. The molecule has 1 heterocycles. The summed E-state index contributed by atoms with van der Waals surface area (Å²) in [5.74, 6) is 0.167. The van der Waals surface area contributed by atoms with E-state index in [1.807, 2.05) is 0 Å². The summed E-state index contributed by atoms with van der Waals surface area (Å²) in [6.07, 6.45) is 0. The smallest absolute Gasteiger partial charge is 0.305 e. The Morgan fingerprint density at radius 3 is 2.23 bits per heavy atom. The summed E-state index contributed by atoms with van der Waals surface area (Å²) >= 11 is 5.07. The molecule has 3 N–H and O–H groups in total. The third-order valence-corrected chi connectivity index (χ3v) is 4.33. The molecule has 0 aliphatic heterocycles. The van der Waals surface area contributed by atoms with E-state index in [4.69, 9.17) is 30.8 Å². The van der Waals surface area contributed by atoms with Crippen molar-refractivity contribution in [2.24, 2.45) is 0 Å². The average molecular weight is 429 g/mol. The van der Waals surface area contributed by atoms with Gasteiger partial charge in [-0.1, -0.05) is 6.07 Å². The number of hydrazine groups is 1. The monoisotopic (exact) mass is 429 g/mol. The second-order valence-electron chi connectivity index (χ2n) is 5.91. The average Bonchev–Trinajstić information content (AvgIpc) is 3.20. The molecule has 156 valence electrons. The van der Waals surface area contributed by atoms with Gasteiger partial charge in [0.25, 0.3) is 5.91 Å². The Bertz CT molecular complexity index is 1090. The van der Waals surface area contributed by atoms with Crippen molar-refractivity contribution in [2.45, 2.75) is 0 Å². The maximum absolute atomic E-state index is 12.6. The number of carbonyl (C=O) groups excluding carboxylic acids is 2. The Morgan fingerprint density at radius 2 is 1.60 bits per heavy atom. The second kappa shape index (κ2) is 9.14. The third-order valence-electron chi connectivity index (χ3n) is 4.12. The molecule has 2 amide bonds. The van der Waals surface area contributed by atoms with Crippen LogP contribution in [0.25, 0.3) is 11.0 Å². The van der Waals surface area contributed by atoms with Crippen LogP contribution < -0.4 is 30.4 Å². The van der Waals surface area contributed by atoms with Crippen LogP contribution in [-0.4, -0.2) is 38.3 Å². The van der Waals surface area contributed by atoms with Gasteiger partial charge in [0.05, 0.1) is 21.3 Å². The molecule has 0 unspecified atom stereocenters. The summed E-state index contributed by atoms with van der Waals surface area (Å²) in [5, 5.41) is 3.06. The predicted molar refractivity (Wildman–Crippen MR) is 113 cm³/mol. The molecule has 9 nitrogen and oxygen atoms in total. The van der Waals surface area contributed by atoms with Gasteiger partial charge in [-0.15, -0.1) is 0 Å². The highest BCUT2D eigenvalue weighted by Crippen LogP contribution is 2.28. The van der Waals surface area contributed by atoms with Crippen molar-refractivity contribution >= 4 is 40.1 Å². The maximum atomic E-state index is 12.6. The molecule has 0 saturated carbocycles. The van der Waals surface area contributed by atoms with Gasteiger partial charge in [0.15, 0.2) is 10.9 Å². The van der Waals surface area contributed by atoms with E-state index in [-0.39, 0.29) is 16.4 Å². The minimum absolute atomic E-state index is 0.0614. The van der Waals surface area contributed by atoms with Gasteiger partial charge in [0.1, 0.15) is 28.4 Å². The number of ether oxygens (including phenoxy) is 3. The van der Waals surface area contributed by atoms with Gasteiger partial charge in [-0.2, -0.15) is 0 Å². The maximum Gasteiger partial charge on any atom is 0.305 e. The molecule has 10 heteroatoms.